The molecule has 33 heavy (non-hydrogen) atoms. The molecule has 1 aliphatic carbocycles. The third-order valence-corrected chi connectivity index (χ3v) is 7.11. The number of nitrogens with one attached hydrogen (secondary N) is 1. The lowest BCUT2D eigenvalue weighted by Gasteiger charge is -2.39. The summed E-state index contributed by atoms with van der Waals surface area (Å²) >= 11 is 0. The van der Waals surface area contributed by atoms with E-state index in [4.69, 9.17) is 9.47 Å². The zero-order valence-electron chi connectivity index (χ0n) is 18.3. The quantitative estimate of drug-likeness (QED) is 0.616. The normalized spacial score (nSPS) is 24.2. The van der Waals surface area contributed by atoms with E-state index >= 15 is 0 Å². The summed E-state index contributed by atoms with van der Waals surface area (Å²) in [6, 6.07) is 10.8. The molecule has 1 unspecified atom stereocenters. The van der Waals surface area contributed by atoms with E-state index in [2.05, 4.69) is 15.3 Å². The van der Waals surface area contributed by atoms with Crippen LogP contribution in [-0.2, 0) is 0 Å². The van der Waals surface area contributed by atoms with Gasteiger partial charge < -0.3 is 14.8 Å². The highest BCUT2D eigenvalue weighted by Gasteiger charge is 2.42. The molecule has 168 valence electrons. The molecule has 0 bridgehead atoms. The van der Waals surface area contributed by atoms with E-state index in [0.717, 1.165) is 42.4 Å². The first kappa shape index (κ1) is 20.0. The summed E-state index contributed by atoms with van der Waals surface area (Å²) in [6.45, 7) is 0.548. The van der Waals surface area contributed by atoms with Crippen molar-refractivity contribution in [3.63, 3.8) is 0 Å². The number of carbonyl (C=O) groups excluding carboxylic acids is 2. The van der Waals surface area contributed by atoms with Gasteiger partial charge in [-0.25, -0.2) is 4.98 Å². The predicted octanol–water partition coefficient (Wildman–Crippen LogP) is 3.67. The Kier molecular flexibility index (Phi) is 4.67. The molecule has 6 rings (SSSR count). The van der Waals surface area contributed by atoms with Crippen molar-refractivity contribution in [3.8, 4) is 11.6 Å². The number of amides is 2. The molecule has 1 saturated carbocycles. The van der Waals surface area contributed by atoms with Crippen molar-refractivity contribution in [2.75, 3.05) is 19.0 Å². The van der Waals surface area contributed by atoms with Crippen molar-refractivity contribution < 1.29 is 19.1 Å². The molecular weight excluding hydrogens is 420 g/mol. The van der Waals surface area contributed by atoms with E-state index in [0.29, 0.717) is 35.3 Å². The van der Waals surface area contributed by atoms with Crippen LogP contribution >= 0.6 is 0 Å². The Bertz CT molecular complexity index is 1230. The number of aromatic nitrogens is 2. The van der Waals surface area contributed by atoms with Gasteiger partial charge in [0.2, 0.25) is 5.88 Å². The van der Waals surface area contributed by atoms with Crippen molar-refractivity contribution in [1.29, 1.82) is 0 Å². The molecule has 8 heteroatoms. The minimum absolute atomic E-state index is 0.0543. The highest BCUT2D eigenvalue weighted by Crippen LogP contribution is 2.40. The van der Waals surface area contributed by atoms with Gasteiger partial charge in [-0.15, -0.1) is 0 Å². The Labute approximate surface area is 190 Å². The lowest BCUT2D eigenvalue weighted by Crippen LogP contribution is -2.45. The molecule has 1 N–H and O–H groups in total. The maximum absolute atomic E-state index is 12.9. The van der Waals surface area contributed by atoms with Crippen LogP contribution in [0.1, 0.15) is 46.4 Å². The highest BCUT2D eigenvalue weighted by molar-refractivity contribution is 6.21. The molecule has 1 fully saturated rings. The number of carbonyl (C=O) groups is 2. The largest absolute Gasteiger partial charge is 0.488 e. The fourth-order valence-electron chi connectivity index (χ4n) is 5.36. The zero-order chi connectivity index (χ0) is 22.5. The lowest BCUT2D eigenvalue weighted by molar-refractivity contribution is 0.0519. The number of nitrogens with zero attached hydrogens (tertiary/aromatic N) is 3. The van der Waals surface area contributed by atoms with Crippen molar-refractivity contribution in [3.05, 3.63) is 53.7 Å². The van der Waals surface area contributed by atoms with Gasteiger partial charge in [0, 0.05) is 12.1 Å². The first-order valence-electron chi connectivity index (χ1n) is 11.3. The highest BCUT2D eigenvalue weighted by atomic mass is 16.5. The number of ether oxygens (including phenoxy) is 2. The van der Waals surface area contributed by atoms with Crippen molar-refractivity contribution >= 4 is 28.5 Å². The Morgan fingerprint density at radius 1 is 1.03 bits per heavy atom. The molecule has 0 saturated heterocycles. The number of anilines is 1. The molecule has 3 aromatic rings. The fraction of sp³-hybridized carbons (Fsp3) is 0.360. The molecule has 3 aliphatic rings. The molecule has 2 amide bonds. The molecule has 4 heterocycles. The smallest absolute Gasteiger partial charge is 0.261 e. The van der Waals surface area contributed by atoms with E-state index in [-0.39, 0.29) is 23.9 Å². The number of pyridine rings is 2. The minimum Gasteiger partial charge on any atom is -0.488 e. The SMILES string of the molecule is COc1ccc2ncc3c(c2n1)NC(C1CCC(N2C(=O)c4ccccc4C2=O)CC1)CO3. The first-order valence-corrected chi connectivity index (χ1v) is 11.3. The number of hydrogen-bond acceptors (Lipinski definition) is 7. The second-order valence-corrected chi connectivity index (χ2v) is 8.88. The van der Waals surface area contributed by atoms with Gasteiger partial charge in [-0.1, -0.05) is 12.1 Å². The monoisotopic (exact) mass is 444 g/mol. The summed E-state index contributed by atoms with van der Waals surface area (Å²) in [6.07, 6.45) is 5.14. The van der Waals surface area contributed by atoms with Crippen LogP contribution in [0.4, 0.5) is 5.69 Å². The number of fused-ring (bicyclic) bond motifs is 4. The van der Waals surface area contributed by atoms with E-state index in [9.17, 15) is 9.59 Å². The molecule has 8 nitrogen and oxygen atoms in total. The maximum atomic E-state index is 12.9. The number of methoxy groups -OCH3 is 1. The van der Waals surface area contributed by atoms with Crippen molar-refractivity contribution in [2.45, 2.75) is 37.8 Å². The minimum atomic E-state index is -0.161. The molecule has 1 aromatic carbocycles. The molecule has 0 spiro atoms. The van der Waals surface area contributed by atoms with Gasteiger partial charge in [-0.2, -0.15) is 0 Å². The van der Waals surface area contributed by atoms with Crippen LogP contribution in [0, 0.1) is 5.92 Å². The van der Waals surface area contributed by atoms with Crippen LogP contribution in [-0.4, -0.2) is 52.5 Å². The van der Waals surface area contributed by atoms with Crippen LogP contribution in [0.5, 0.6) is 11.6 Å². The number of hydrogen-bond donors (Lipinski definition) is 1. The summed E-state index contributed by atoms with van der Waals surface area (Å²) in [5, 5.41) is 3.65. The Morgan fingerprint density at radius 2 is 1.76 bits per heavy atom. The standard InChI is InChI=1S/C25H24N4O4/c1-32-21-11-10-18-22(28-21)23-20(12-26-18)33-13-19(27-23)14-6-8-15(9-7-14)29-24(30)16-4-2-3-5-17(16)25(29)31/h2-5,10-12,14-15,19,27H,6-9,13H2,1H3. The van der Waals surface area contributed by atoms with E-state index < -0.39 is 0 Å². The molecule has 1 atom stereocenters. The summed E-state index contributed by atoms with van der Waals surface area (Å²) < 4.78 is 11.3. The van der Waals surface area contributed by atoms with Gasteiger partial charge in [0.15, 0.2) is 5.75 Å². The first-order chi connectivity index (χ1) is 16.1. The summed E-state index contributed by atoms with van der Waals surface area (Å²) in [5.74, 6) is 1.28. The second-order valence-electron chi connectivity index (χ2n) is 8.88. The van der Waals surface area contributed by atoms with Crippen molar-refractivity contribution in [1.82, 2.24) is 14.9 Å². The van der Waals surface area contributed by atoms with Crippen molar-refractivity contribution in [2.24, 2.45) is 5.92 Å². The van der Waals surface area contributed by atoms with E-state index in [1.165, 1.54) is 4.90 Å². The van der Waals surface area contributed by atoms with Crippen LogP contribution in [0.2, 0.25) is 0 Å². The van der Waals surface area contributed by atoms with Crippen LogP contribution < -0.4 is 14.8 Å². The van der Waals surface area contributed by atoms with Gasteiger partial charge in [0.05, 0.1) is 36.0 Å². The van der Waals surface area contributed by atoms with Gasteiger partial charge in [0.25, 0.3) is 11.8 Å². The molecule has 2 aromatic heterocycles. The Morgan fingerprint density at radius 3 is 2.45 bits per heavy atom. The maximum Gasteiger partial charge on any atom is 0.261 e. The lowest BCUT2D eigenvalue weighted by atomic mass is 9.80. The average molecular weight is 444 g/mol. The Balaban J connectivity index is 1.18. The van der Waals surface area contributed by atoms with E-state index in [1.807, 2.05) is 6.07 Å². The van der Waals surface area contributed by atoms with Gasteiger partial charge in [-0.3, -0.25) is 19.5 Å². The fourth-order valence-corrected chi connectivity index (χ4v) is 5.36. The second kappa shape index (κ2) is 7.72. The molecule has 2 aliphatic heterocycles. The van der Waals surface area contributed by atoms with Crippen LogP contribution in [0.15, 0.2) is 42.6 Å². The number of rotatable bonds is 3. The topological polar surface area (TPSA) is 93.7 Å². The summed E-state index contributed by atoms with van der Waals surface area (Å²) in [4.78, 5) is 36.2. The Hall–Kier alpha value is -3.68. The average Bonchev–Trinajstić information content (AvgIpc) is 3.13. The van der Waals surface area contributed by atoms with E-state index in [1.54, 1.807) is 43.6 Å². The third kappa shape index (κ3) is 3.20. The molecule has 0 radical (unpaired) electrons. The number of imide groups is 1. The van der Waals surface area contributed by atoms with Gasteiger partial charge in [0.1, 0.15) is 17.8 Å². The number of benzene rings is 1. The van der Waals surface area contributed by atoms with Crippen LogP contribution in [0.3, 0.4) is 0 Å². The molecular formula is C25H24N4O4. The van der Waals surface area contributed by atoms with Crippen LogP contribution in [0.25, 0.3) is 11.0 Å². The zero-order valence-corrected chi connectivity index (χ0v) is 18.3. The third-order valence-electron chi connectivity index (χ3n) is 7.11. The van der Waals surface area contributed by atoms with Gasteiger partial charge >= 0.3 is 0 Å². The summed E-state index contributed by atoms with van der Waals surface area (Å²) in [7, 11) is 1.59. The predicted molar refractivity (Wildman–Crippen MR) is 122 cm³/mol. The van der Waals surface area contributed by atoms with Gasteiger partial charge in [-0.05, 0) is 49.8 Å². The summed E-state index contributed by atoms with van der Waals surface area (Å²) in [5.41, 5.74) is 3.40.